The highest BCUT2D eigenvalue weighted by atomic mass is 35.5. The molecule has 0 aromatic carbocycles. The Bertz CT molecular complexity index is 874. The summed E-state index contributed by atoms with van der Waals surface area (Å²) < 4.78 is 27.3. The second-order valence-corrected chi connectivity index (χ2v) is 13.7. The molecule has 5 N–H and O–H groups in total. The van der Waals surface area contributed by atoms with Crippen molar-refractivity contribution in [3.63, 3.8) is 0 Å². The molecule has 0 amide bonds. The standard InChI is InChI=1S/C14H22Cl2N2O3S2.C10H22N2O/c1-2-10-5-3-4-6-18(10)9-11(19)8-17-23(20,21)12-7-13(15)22-14(12)16;1-2-9-5-3-4-6-12(9)8-10(13)7-11/h7,10-11,17,19H,2-6,8-9H2,1H3;9-10,13H,2-8,11H2,1H3/t10-,11-;9-,10-/m00/s1. The summed E-state index contributed by atoms with van der Waals surface area (Å²) in [6.07, 6.45) is 8.51. The topological polar surface area (TPSA) is 119 Å². The van der Waals surface area contributed by atoms with Crippen molar-refractivity contribution in [2.24, 2.45) is 5.73 Å². The van der Waals surface area contributed by atoms with Crippen molar-refractivity contribution in [1.82, 2.24) is 14.5 Å². The van der Waals surface area contributed by atoms with Gasteiger partial charge in [-0.3, -0.25) is 9.80 Å². The van der Waals surface area contributed by atoms with E-state index in [0.29, 0.717) is 29.5 Å². The van der Waals surface area contributed by atoms with Crippen LogP contribution in [-0.4, -0.2) is 92.0 Å². The second kappa shape index (κ2) is 16.2. The summed E-state index contributed by atoms with van der Waals surface area (Å²) in [5.74, 6) is 0. The van der Waals surface area contributed by atoms with Gasteiger partial charge in [0.2, 0.25) is 10.0 Å². The maximum absolute atomic E-state index is 12.2. The highest BCUT2D eigenvalue weighted by Crippen LogP contribution is 2.34. The largest absolute Gasteiger partial charge is 0.390 e. The zero-order chi connectivity index (χ0) is 26.7. The minimum absolute atomic E-state index is 0.0363. The van der Waals surface area contributed by atoms with Crippen molar-refractivity contribution >= 4 is 44.6 Å². The van der Waals surface area contributed by atoms with Crippen molar-refractivity contribution < 1.29 is 18.6 Å². The first-order valence-electron chi connectivity index (χ1n) is 13.1. The Morgan fingerprint density at radius 2 is 1.56 bits per heavy atom. The van der Waals surface area contributed by atoms with Crippen LogP contribution in [-0.2, 0) is 10.0 Å². The molecule has 2 aliphatic heterocycles. The lowest BCUT2D eigenvalue weighted by molar-refractivity contribution is 0.0683. The number of halogens is 2. The number of hydrogen-bond acceptors (Lipinski definition) is 8. The number of nitrogens with zero attached hydrogens (tertiary/aromatic N) is 2. The van der Waals surface area contributed by atoms with Crippen LogP contribution in [0.3, 0.4) is 0 Å². The smallest absolute Gasteiger partial charge is 0.243 e. The zero-order valence-electron chi connectivity index (χ0n) is 21.5. The predicted octanol–water partition coefficient (Wildman–Crippen LogP) is 3.53. The molecule has 210 valence electrons. The maximum atomic E-state index is 12.2. The molecular weight excluding hydrogens is 543 g/mol. The van der Waals surface area contributed by atoms with E-state index in [1.165, 1.54) is 38.2 Å². The van der Waals surface area contributed by atoms with Crippen molar-refractivity contribution in [3.05, 3.63) is 14.7 Å². The summed E-state index contributed by atoms with van der Waals surface area (Å²) >= 11 is 12.7. The normalized spacial score (nSPS) is 23.6. The Hall–Kier alpha value is -0.0100. The first-order chi connectivity index (χ1) is 17.1. The van der Waals surface area contributed by atoms with Gasteiger partial charge in [0.05, 0.1) is 16.5 Å². The number of aliphatic hydroxyl groups is 2. The van der Waals surface area contributed by atoms with Gasteiger partial charge in [-0.25, -0.2) is 13.1 Å². The summed E-state index contributed by atoms with van der Waals surface area (Å²) in [5.41, 5.74) is 5.40. The molecule has 0 unspecified atom stereocenters. The van der Waals surface area contributed by atoms with Gasteiger partial charge in [-0.05, 0) is 57.7 Å². The summed E-state index contributed by atoms with van der Waals surface area (Å²) in [7, 11) is -3.76. The minimum Gasteiger partial charge on any atom is -0.390 e. The molecule has 0 spiro atoms. The number of piperidine rings is 2. The highest BCUT2D eigenvalue weighted by molar-refractivity contribution is 7.89. The van der Waals surface area contributed by atoms with E-state index in [1.807, 2.05) is 0 Å². The molecule has 2 fully saturated rings. The van der Waals surface area contributed by atoms with Crippen LogP contribution in [0.4, 0.5) is 0 Å². The van der Waals surface area contributed by atoms with E-state index in [1.54, 1.807) is 0 Å². The van der Waals surface area contributed by atoms with Gasteiger partial charge in [-0.1, -0.05) is 49.9 Å². The number of nitrogens with two attached hydrogens (primary N) is 1. The third-order valence-corrected chi connectivity index (χ3v) is 10.2. The lowest BCUT2D eigenvalue weighted by Gasteiger charge is -2.36. The number of aliphatic hydroxyl groups excluding tert-OH is 2. The lowest BCUT2D eigenvalue weighted by Crippen LogP contribution is -2.46. The van der Waals surface area contributed by atoms with Crippen molar-refractivity contribution in [2.45, 2.75) is 94.4 Å². The Labute approximate surface area is 231 Å². The van der Waals surface area contributed by atoms with Gasteiger partial charge in [0.15, 0.2) is 0 Å². The minimum atomic E-state index is -3.76. The van der Waals surface area contributed by atoms with Gasteiger partial charge in [0, 0.05) is 38.3 Å². The molecule has 0 radical (unpaired) electrons. The molecule has 3 heterocycles. The average molecular weight is 588 g/mol. The lowest BCUT2D eigenvalue weighted by atomic mass is 9.99. The third kappa shape index (κ3) is 10.3. The first-order valence-corrected chi connectivity index (χ1v) is 16.2. The highest BCUT2D eigenvalue weighted by Gasteiger charge is 2.26. The Morgan fingerprint density at radius 3 is 2.00 bits per heavy atom. The van der Waals surface area contributed by atoms with Crippen LogP contribution >= 0.6 is 34.5 Å². The fourth-order valence-corrected chi connectivity index (χ4v) is 8.22. The summed E-state index contributed by atoms with van der Waals surface area (Å²) in [6.45, 7) is 8.02. The zero-order valence-corrected chi connectivity index (χ0v) is 24.7. The molecule has 0 bridgehead atoms. The Morgan fingerprint density at radius 1 is 1.03 bits per heavy atom. The van der Waals surface area contributed by atoms with E-state index in [9.17, 15) is 18.6 Å². The van der Waals surface area contributed by atoms with Crippen LogP contribution < -0.4 is 10.5 Å². The van der Waals surface area contributed by atoms with Crippen LogP contribution in [0.25, 0.3) is 0 Å². The van der Waals surface area contributed by atoms with Gasteiger partial charge in [0.25, 0.3) is 0 Å². The molecule has 4 atom stereocenters. The van der Waals surface area contributed by atoms with Crippen LogP contribution in [0, 0.1) is 0 Å². The van der Waals surface area contributed by atoms with Gasteiger partial charge in [-0.2, -0.15) is 0 Å². The van der Waals surface area contributed by atoms with Crippen LogP contribution in [0.5, 0.6) is 0 Å². The van der Waals surface area contributed by atoms with E-state index >= 15 is 0 Å². The molecule has 0 saturated carbocycles. The fourth-order valence-electron chi connectivity index (χ4n) is 5.00. The second-order valence-electron chi connectivity index (χ2n) is 9.69. The summed E-state index contributed by atoms with van der Waals surface area (Å²) in [6, 6.07) is 2.47. The summed E-state index contributed by atoms with van der Waals surface area (Å²) in [4.78, 5) is 4.60. The van der Waals surface area contributed by atoms with Crippen molar-refractivity contribution in [3.8, 4) is 0 Å². The van der Waals surface area contributed by atoms with E-state index in [4.69, 9.17) is 28.9 Å². The van der Waals surface area contributed by atoms with Crippen LogP contribution in [0.15, 0.2) is 11.0 Å². The SMILES string of the molecule is CC[C@H]1CCCCN1C[C@@H](O)CN.CC[C@H]1CCCCN1C[C@@H](O)CNS(=O)(=O)c1cc(Cl)sc1Cl. The van der Waals surface area contributed by atoms with Gasteiger partial charge in [-0.15, -0.1) is 11.3 Å². The average Bonchev–Trinajstić information content (AvgIpc) is 3.22. The number of nitrogens with one attached hydrogen (secondary N) is 1. The van der Waals surface area contributed by atoms with Crippen LogP contribution in [0.1, 0.15) is 65.2 Å². The molecule has 2 saturated heterocycles. The molecule has 12 heteroatoms. The molecule has 2 aliphatic rings. The van der Waals surface area contributed by atoms with E-state index in [2.05, 4.69) is 28.4 Å². The molecule has 8 nitrogen and oxygen atoms in total. The molecule has 1 aromatic heterocycles. The molecule has 36 heavy (non-hydrogen) atoms. The van der Waals surface area contributed by atoms with Gasteiger partial charge < -0.3 is 15.9 Å². The third-order valence-electron chi connectivity index (χ3n) is 7.03. The first kappa shape index (κ1) is 32.2. The number of hydrogen-bond donors (Lipinski definition) is 4. The number of likely N-dealkylation sites (tertiary alicyclic amines) is 2. The molecule has 0 aliphatic carbocycles. The van der Waals surface area contributed by atoms with E-state index in [-0.39, 0.29) is 21.9 Å². The molecular formula is C24H44Cl2N4O4S2. The number of β-amino-alcohol motifs (C(OH)–C–C–N with tert-alkyl or cyclic N) is 2. The molecule has 3 rings (SSSR count). The Balaban J connectivity index is 0.000000297. The Kier molecular flexibility index (Phi) is 14.5. The molecule has 1 aromatic rings. The predicted molar refractivity (Wildman–Crippen MR) is 150 cm³/mol. The number of sulfonamides is 1. The maximum Gasteiger partial charge on any atom is 0.243 e. The van der Waals surface area contributed by atoms with Gasteiger partial charge in [0.1, 0.15) is 9.23 Å². The number of rotatable bonds is 11. The van der Waals surface area contributed by atoms with Crippen LogP contribution in [0.2, 0.25) is 8.67 Å². The summed E-state index contributed by atoms with van der Waals surface area (Å²) in [5, 5.41) is 19.6. The fraction of sp³-hybridized carbons (Fsp3) is 0.833. The van der Waals surface area contributed by atoms with Crippen molar-refractivity contribution in [1.29, 1.82) is 0 Å². The number of thiophene rings is 1. The van der Waals surface area contributed by atoms with Crippen molar-refractivity contribution in [2.75, 3.05) is 39.3 Å². The monoisotopic (exact) mass is 586 g/mol. The quantitative estimate of drug-likeness (QED) is 0.313. The van der Waals surface area contributed by atoms with Gasteiger partial charge >= 0.3 is 0 Å². The van der Waals surface area contributed by atoms with E-state index in [0.717, 1.165) is 50.2 Å². The van der Waals surface area contributed by atoms with E-state index < -0.39 is 16.1 Å².